The van der Waals surface area contributed by atoms with Crippen molar-refractivity contribution in [1.82, 2.24) is 4.98 Å². The Morgan fingerprint density at radius 1 is 1.58 bits per heavy atom. The maximum absolute atomic E-state index is 10.9. The van der Waals surface area contributed by atoms with Crippen molar-refractivity contribution in [1.29, 1.82) is 5.26 Å². The van der Waals surface area contributed by atoms with E-state index in [1.54, 1.807) is 0 Å². The van der Waals surface area contributed by atoms with E-state index in [4.69, 9.17) is 16.9 Å². The smallest absolute Gasteiger partial charge is 0.293 e. The van der Waals surface area contributed by atoms with Crippen molar-refractivity contribution in [2.45, 2.75) is 6.54 Å². The van der Waals surface area contributed by atoms with Crippen molar-refractivity contribution in [2.75, 3.05) is 5.32 Å². The van der Waals surface area contributed by atoms with E-state index < -0.39 is 4.92 Å². The summed E-state index contributed by atoms with van der Waals surface area (Å²) in [6.07, 6.45) is 1.52. The fraction of sp³-hybridized carbons (Fsp3) is 0.0909. The van der Waals surface area contributed by atoms with Crippen LogP contribution in [0.5, 0.6) is 0 Å². The molecule has 0 aliphatic heterocycles. The topological polar surface area (TPSA) is 91.8 Å². The van der Waals surface area contributed by atoms with Crippen molar-refractivity contribution >= 4 is 34.3 Å². The van der Waals surface area contributed by atoms with E-state index in [2.05, 4.69) is 10.3 Å². The Hall–Kier alpha value is -2.17. The number of hydrogen-bond acceptors (Lipinski definition) is 6. The van der Waals surface area contributed by atoms with Crippen LogP contribution in [-0.2, 0) is 6.54 Å². The van der Waals surface area contributed by atoms with Gasteiger partial charge >= 0.3 is 0 Å². The highest BCUT2D eigenvalue weighted by atomic mass is 35.5. The van der Waals surface area contributed by atoms with Gasteiger partial charge in [0.2, 0.25) is 0 Å². The zero-order valence-corrected chi connectivity index (χ0v) is 11.0. The Morgan fingerprint density at radius 2 is 2.37 bits per heavy atom. The third-order valence-corrected chi connectivity index (χ3v) is 3.39. The highest BCUT2D eigenvalue weighted by molar-refractivity contribution is 7.15. The van der Waals surface area contributed by atoms with E-state index in [1.165, 1.54) is 35.7 Å². The van der Waals surface area contributed by atoms with Gasteiger partial charge in [0, 0.05) is 6.07 Å². The Kier molecular flexibility index (Phi) is 3.94. The van der Waals surface area contributed by atoms with Crippen molar-refractivity contribution in [2.24, 2.45) is 0 Å². The average Bonchev–Trinajstić information content (AvgIpc) is 2.82. The van der Waals surface area contributed by atoms with Gasteiger partial charge in [0.05, 0.1) is 29.3 Å². The maximum atomic E-state index is 10.9. The number of anilines is 1. The van der Waals surface area contributed by atoms with E-state index in [0.717, 1.165) is 5.01 Å². The van der Waals surface area contributed by atoms with Crippen LogP contribution in [0.25, 0.3) is 0 Å². The molecule has 1 N–H and O–H groups in total. The maximum Gasteiger partial charge on any atom is 0.293 e. The highest BCUT2D eigenvalue weighted by Gasteiger charge is 2.14. The zero-order chi connectivity index (χ0) is 13.8. The minimum Gasteiger partial charge on any atom is -0.373 e. The Labute approximate surface area is 117 Å². The normalized spacial score (nSPS) is 9.89. The summed E-state index contributed by atoms with van der Waals surface area (Å²) in [6, 6.07) is 6.12. The Balaban J connectivity index is 2.20. The number of benzene rings is 1. The third-order valence-electron chi connectivity index (χ3n) is 2.28. The van der Waals surface area contributed by atoms with Gasteiger partial charge in [-0.1, -0.05) is 11.6 Å². The minimum atomic E-state index is -0.530. The lowest BCUT2D eigenvalue weighted by molar-refractivity contribution is -0.384. The van der Waals surface area contributed by atoms with Crippen LogP contribution in [0.3, 0.4) is 0 Å². The fourth-order valence-electron chi connectivity index (χ4n) is 1.44. The van der Waals surface area contributed by atoms with Crippen molar-refractivity contribution < 1.29 is 4.92 Å². The quantitative estimate of drug-likeness (QED) is 0.690. The number of rotatable bonds is 4. The first-order chi connectivity index (χ1) is 9.10. The van der Waals surface area contributed by atoms with Crippen LogP contribution in [0.2, 0.25) is 4.34 Å². The molecule has 0 amide bonds. The van der Waals surface area contributed by atoms with Crippen LogP contribution >= 0.6 is 22.9 Å². The van der Waals surface area contributed by atoms with Crippen LogP contribution < -0.4 is 5.32 Å². The lowest BCUT2D eigenvalue weighted by Crippen LogP contribution is -2.02. The molecule has 0 aliphatic rings. The van der Waals surface area contributed by atoms with Crippen molar-refractivity contribution in [3.63, 3.8) is 0 Å². The number of nitrogens with zero attached hydrogens (tertiary/aromatic N) is 3. The van der Waals surface area contributed by atoms with E-state index in [1.807, 2.05) is 6.07 Å². The lowest BCUT2D eigenvalue weighted by Gasteiger charge is -2.05. The predicted octanol–water partition coefficient (Wildman–Crippen LogP) is 3.19. The average molecular weight is 295 g/mol. The van der Waals surface area contributed by atoms with Crippen LogP contribution in [-0.4, -0.2) is 9.91 Å². The summed E-state index contributed by atoms with van der Waals surface area (Å²) < 4.78 is 0.561. The second-order valence-corrected chi connectivity index (χ2v) is 5.26. The standard InChI is InChI=1S/C11H7ClN4O2S/c12-10-5-15-11(19-10)6-14-8-2-1-7(4-13)3-9(8)16(17)18/h1-3,5,14H,6H2. The van der Waals surface area contributed by atoms with E-state index in [9.17, 15) is 10.1 Å². The molecule has 0 radical (unpaired) electrons. The van der Waals surface area contributed by atoms with E-state index in [-0.39, 0.29) is 11.3 Å². The van der Waals surface area contributed by atoms with Gasteiger partial charge in [0.25, 0.3) is 5.69 Å². The number of halogens is 1. The van der Waals surface area contributed by atoms with Crippen LogP contribution in [0.15, 0.2) is 24.4 Å². The molecule has 0 saturated carbocycles. The largest absolute Gasteiger partial charge is 0.373 e. The molecule has 8 heteroatoms. The molecule has 0 aliphatic carbocycles. The molecule has 0 fully saturated rings. The monoisotopic (exact) mass is 294 g/mol. The molecule has 0 spiro atoms. The lowest BCUT2D eigenvalue weighted by atomic mass is 10.2. The van der Waals surface area contributed by atoms with Gasteiger partial charge in [-0.25, -0.2) is 4.98 Å². The number of nitriles is 1. The molecule has 0 atom stereocenters. The van der Waals surface area contributed by atoms with Crippen LogP contribution in [0.1, 0.15) is 10.6 Å². The summed E-state index contributed by atoms with van der Waals surface area (Å²) in [6.45, 7) is 0.337. The van der Waals surface area contributed by atoms with Crippen LogP contribution in [0, 0.1) is 21.4 Å². The molecule has 1 heterocycles. The fourth-order valence-corrected chi connectivity index (χ4v) is 2.34. The summed E-state index contributed by atoms with van der Waals surface area (Å²) in [5.74, 6) is 0. The molecule has 0 unspecified atom stereocenters. The third kappa shape index (κ3) is 3.19. The first-order valence-electron chi connectivity index (χ1n) is 5.13. The molecule has 6 nitrogen and oxygen atoms in total. The van der Waals surface area contributed by atoms with E-state index in [0.29, 0.717) is 16.6 Å². The first kappa shape index (κ1) is 13.3. The second-order valence-electron chi connectivity index (χ2n) is 3.51. The number of nitro benzene ring substituents is 1. The van der Waals surface area contributed by atoms with Gasteiger partial charge in [-0.2, -0.15) is 5.26 Å². The minimum absolute atomic E-state index is 0.137. The number of hydrogen-bond donors (Lipinski definition) is 1. The Bertz CT molecular complexity index is 665. The number of aromatic nitrogens is 1. The van der Waals surface area contributed by atoms with Gasteiger partial charge in [-0.05, 0) is 12.1 Å². The molecule has 2 aromatic rings. The second kappa shape index (κ2) is 5.65. The SMILES string of the molecule is N#Cc1ccc(NCc2ncc(Cl)s2)c([N+](=O)[O-])c1. The summed E-state index contributed by atoms with van der Waals surface area (Å²) in [5, 5.41) is 23.3. The molecule has 2 rings (SSSR count). The predicted molar refractivity (Wildman–Crippen MR) is 72.3 cm³/mol. The summed E-state index contributed by atoms with van der Waals surface area (Å²) in [4.78, 5) is 14.4. The highest BCUT2D eigenvalue weighted by Crippen LogP contribution is 2.26. The van der Waals surface area contributed by atoms with E-state index >= 15 is 0 Å². The summed E-state index contributed by atoms with van der Waals surface area (Å²) in [7, 11) is 0. The van der Waals surface area contributed by atoms with Crippen molar-refractivity contribution in [3.05, 3.63) is 49.4 Å². The van der Waals surface area contributed by atoms with Gasteiger partial charge in [-0.3, -0.25) is 10.1 Å². The Morgan fingerprint density at radius 3 is 2.95 bits per heavy atom. The number of nitro groups is 1. The van der Waals surface area contributed by atoms with Gasteiger partial charge in [0.15, 0.2) is 0 Å². The summed E-state index contributed by atoms with van der Waals surface area (Å²) >= 11 is 7.05. The number of thiazole rings is 1. The molecule has 19 heavy (non-hydrogen) atoms. The molecule has 96 valence electrons. The van der Waals surface area contributed by atoms with Crippen LogP contribution in [0.4, 0.5) is 11.4 Å². The van der Waals surface area contributed by atoms with Crippen molar-refractivity contribution in [3.8, 4) is 6.07 Å². The molecule has 0 bridgehead atoms. The summed E-state index contributed by atoms with van der Waals surface area (Å²) in [5.41, 5.74) is 0.451. The molecular formula is C11H7ClN4O2S. The first-order valence-corrected chi connectivity index (χ1v) is 6.32. The van der Waals surface area contributed by atoms with Gasteiger partial charge in [-0.15, -0.1) is 11.3 Å². The van der Waals surface area contributed by atoms with Gasteiger partial charge in [0.1, 0.15) is 15.0 Å². The molecule has 1 aromatic heterocycles. The zero-order valence-electron chi connectivity index (χ0n) is 9.46. The van der Waals surface area contributed by atoms with Gasteiger partial charge < -0.3 is 5.32 Å². The molecule has 0 saturated heterocycles. The molecule has 1 aromatic carbocycles. The number of nitrogens with one attached hydrogen (secondary N) is 1. The molecular weight excluding hydrogens is 288 g/mol.